The Balaban J connectivity index is 1.54. The predicted molar refractivity (Wildman–Crippen MR) is 98.0 cm³/mol. The number of para-hydroxylation sites is 1. The molecule has 0 atom stereocenters. The highest BCUT2D eigenvalue weighted by Gasteiger charge is 2.04. The lowest BCUT2D eigenvalue weighted by atomic mass is 10.2. The quantitative estimate of drug-likeness (QED) is 0.372. The van der Waals surface area contributed by atoms with Gasteiger partial charge in [-0.25, -0.2) is 10.4 Å². The van der Waals surface area contributed by atoms with Crippen molar-refractivity contribution in [3.63, 3.8) is 0 Å². The van der Waals surface area contributed by atoms with Crippen molar-refractivity contribution >= 4 is 34.8 Å². The van der Waals surface area contributed by atoms with Crippen molar-refractivity contribution in [2.24, 2.45) is 5.10 Å². The number of rotatable bonds is 5. The summed E-state index contributed by atoms with van der Waals surface area (Å²) >= 11 is 1.32. The molecule has 1 heterocycles. The first-order chi connectivity index (χ1) is 12.1. The van der Waals surface area contributed by atoms with Gasteiger partial charge in [0.05, 0.1) is 22.5 Å². The Labute approximate surface area is 148 Å². The fraction of sp³-hybridized carbons (Fsp3) is 0.0556. The summed E-state index contributed by atoms with van der Waals surface area (Å²) in [7, 11) is 0. The highest BCUT2D eigenvalue weighted by atomic mass is 32.2. The Bertz CT molecular complexity index is 944. The highest BCUT2D eigenvalue weighted by Crippen LogP contribution is 2.21. The summed E-state index contributed by atoms with van der Waals surface area (Å²) in [5.74, 6) is -0.273. The van der Waals surface area contributed by atoms with Gasteiger partial charge in [-0.15, -0.1) is 0 Å². The van der Waals surface area contributed by atoms with Crippen LogP contribution in [0.3, 0.4) is 0 Å². The van der Waals surface area contributed by atoms with Gasteiger partial charge < -0.3 is 10.2 Å². The maximum absolute atomic E-state index is 11.8. The summed E-state index contributed by atoms with van der Waals surface area (Å²) < 4.78 is 0. The smallest absolute Gasteiger partial charge is 0.250 e. The van der Waals surface area contributed by atoms with Gasteiger partial charge in [-0.3, -0.25) is 4.79 Å². The number of nitrogens with one attached hydrogen (secondary N) is 1. The van der Waals surface area contributed by atoms with Gasteiger partial charge >= 0.3 is 0 Å². The number of fused-ring (bicyclic) bond motifs is 1. The molecule has 3 rings (SSSR count). The molecule has 0 radical (unpaired) electrons. The van der Waals surface area contributed by atoms with Crippen LogP contribution in [0.15, 0.2) is 64.7 Å². The average Bonchev–Trinajstić information content (AvgIpc) is 2.61. The molecule has 25 heavy (non-hydrogen) atoms. The molecule has 0 aliphatic rings. The summed E-state index contributed by atoms with van der Waals surface area (Å²) in [5.41, 5.74) is 3.66. The number of pyridine rings is 1. The lowest BCUT2D eigenvalue weighted by Gasteiger charge is -2.03. The van der Waals surface area contributed by atoms with E-state index in [4.69, 9.17) is 0 Å². The number of hydrazone groups is 1. The normalized spacial score (nSPS) is 11.0. The molecular formula is C18H15N3O3S. The van der Waals surface area contributed by atoms with Gasteiger partial charge in [-0.2, -0.15) is 5.10 Å². The van der Waals surface area contributed by atoms with Crippen molar-refractivity contribution in [3.8, 4) is 11.5 Å². The zero-order valence-corrected chi connectivity index (χ0v) is 13.9. The number of nitrogens with zero attached hydrogens (tertiary/aromatic N) is 2. The van der Waals surface area contributed by atoms with E-state index in [0.717, 1.165) is 15.9 Å². The van der Waals surface area contributed by atoms with E-state index >= 15 is 0 Å². The van der Waals surface area contributed by atoms with Crippen LogP contribution >= 0.6 is 11.8 Å². The zero-order chi connectivity index (χ0) is 17.6. The Morgan fingerprint density at radius 1 is 1.16 bits per heavy atom. The maximum atomic E-state index is 11.8. The van der Waals surface area contributed by atoms with E-state index in [1.807, 2.05) is 36.4 Å². The molecule has 3 aromatic rings. The number of carbonyl (C=O) groups is 1. The Morgan fingerprint density at radius 3 is 2.84 bits per heavy atom. The third-order valence-corrected chi connectivity index (χ3v) is 4.26. The number of amides is 1. The summed E-state index contributed by atoms with van der Waals surface area (Å²) in [6.07, 6.45) is 1.31. The van der Waals surface area contributed by atoms with E-state index < -0.39 is 0 Å². The molecule has 1 aromatic heterocycles. The molecule has 0 fully saturated rings. The fourth-order valence-electron chi connectivity index (χ4n) is 2.11. The molecule has 3 N–H and O–H groups in total. The number of phenolic OH excluding ortho intramolecular Hbond substituents is 2. The summed E-state index contributed by atoms with van der Waals surface area (Å²) in [6.45, 7) is 0. The molecule has 0 bridgehead atoms. The van der Waals surface area contributed by atoms with Crippen molar-refractivity contribution in [2.45, 2.75) is 5.03 Å². The Hall–Kier alpha value is -3.06. The molecule has 0 aliphatic heterocycles. The molecule has 0 aliphatic carbocycles. The van der Waals surface area contributed by atoms with E-state index in [-0.39, 0.29) is 23.2 Å². The number of hydrogen-bond acceptors (Lipinski definition) is 6. The largest absolute Gasteiger partial charge is 0.508 e. The minimum absolute atomic E-state index is 0.0435. The second-order valence-corrected chi connectivity index (χ2v) is 6.16. The molecule has 126 valence electrons. The molecule has 6 nitrogen and oxygen atoms in total. The second-order valence-electron chi connectivity index (χ2n) is 5.17. The topological polar surface area (TPSA) is 94.8 Å². The number of benzene rings is 2. The first kappa shape index (κ1) is 16.8. The lowest BCUT2D eigenvalue weighted by molar-refractivity contribution is -0.118. The van der Waals surface area contributed by atoms with Crippen LogP contribution < -0.4 is 5.43 Å². The lowest BCUT2D eigenvalue weighted by Crippen LogP contribution is -2.19. The SMILES string of the molecule is O=C(CSc1ccc2ccccc2n1)N/N=C\c1ccc(O)cc1O. The Morgan fingerprint density at radius 2 is 2.00 bits per heavy atom. The number of hydrogen-bond donors (Lipinski definition) is 3. The highest BCUT2D eigenvalue weighted by molar-refractivity contribution is 7.99. The van der Waals surface area contributed by atoms with E-state index in [2.05, 4.69) is 15.5 Å². The molecule has 0 unspecified atom stereocenters. The minimum Gasteiger partial charge on any atom is -0.508 e. The summed E-state index contributed by atoms with van der Waals surface area (Å²) in [5, 5.41) is 24.4. The van der Waals surface area contributed by atoms with E-state index in [0.29, 0.717) is 5.56 Å². The molecular weight excluding hydrogens is 338 g/mol. The van der Waals surface area contributed by atoms with Crippen LogP contribution in [-0.2, 0) is 4.79 Å². The van der Waals surface area contributed by atoms with Crippen LogP contribution in [0, 0.1) is 0 Å². The van der Waals surface area contributed by atoms with Crippen LogP contribution in [0.4, 0.5) is 0 Å². The minimum atomic E-state index is -0.283. The number of thioether (sulfide) groups is 1. The molecule has 0 spiro atoms. The zero-order valence-electron chi connectivity index (χ0n) is 13.1. The standard InChI is InChI=1S/C18H15N3O3S/c22-14-7-5-13(16(23)9-14)10-19-21-17(24)11-25-18-8-6-12-3-1-2-4-15(12)20-18/h1-10,22-23H,11H2,(H,21,24)/b19-10-. The van der Waals surface area contributed by atoms with Crippen molar-refractivity contribution < 1.29 is 15.0 Å². The van der Waals surface area contributed by atoms with E-state index in [1.54, 1.807) is 0 Å². The van der Waals surface area contributed by atoms with Crippen LogP contribution in [-0.4, -0.2) is 33.1 Å². The van der Waals surface area contributed by atoms with Gasteiger partial charge in [0.2, 0.25) is 5.91 Å². The molecule has 0 saturated heterocycles. The van der Waals surface area contributed by atoms with Gasteiger partial charge in [0.1, 0.15) is 11.5 Å². The summed E-state index contributed by atoms with van der Waals surface area (Å²) in [4.78, 5) is 16.3. The monoisotopic (exact) mass is 353 g/mol. The average molecular weight is 353 g/mol. The number of phenols is 2. The molecule has 7 heteroatoms. The van der Waals surface area contributed by atoms with Crippen molar-refractivity contribution in [2.75, 3.05) is 5.75 Å². The number of aromatic hydroxyl groups is 2. The second kappa shape index (κ2) is 7.67. The number of aromatic nitrogens is 1. The predicted octanol–water partition coefficient (Wildman–Crippen LogP) is 2.89. The first-order valence-corrected chi connectivity index (χ1v) is 8.43. The molecule has 0 saturated carbocycles. The third kappa shape index (κ3) is 4.48. The van der Waals surface area contributed by atoms with Gasteiger partial charge in [0.25, 0.3) is 0 Å². The maximum Gasteiger partial charge on any atom is 0.250 e. The van der Waals surface area contributed by atoms with Gasteiger partial charge in [0.15, 0.2) is 0 Å². The fourth-order valence-corrected chi connectivity index (χ4v) is 2.79. The van der Waals surface area contributed by atoms with Crippen molar-refractivity contribution in [1.29, 1.82) is 0 Å². The van der Waals surface area contributed by atoms with Crippen molar-refractivity contribution in [3.05, 3.63) is 60.2 Å². The summed E-state index contributed by atoms with van der Waals surface area (Å²) in [6, 6.07) is 15.7. The van der Waals surface area contributed by atoms with E-state index in [1.165, 1.54) is 36.2 Å². The Kier molecular flexibility index (Phi) is 5.15. The third-order valence-electron chi connectivity index (χ3n) is 3.33. The molecule has 2 aromatic carbocycles. The van der Waals surface area contributed by atoms with Crippen molar-refractivity contribution in [1.82, 2.24) is 10.4 Å². The van der Waals surface area contributed by atoms with Gasteiger partial charge in [-0.05, 0) is 24.3 Å². The molecule has 1 amide bonds. The van der Waals surface area contributed by atoms with Crippen LogP contribution in [0.1, 0.15) is 5.56 Å². The van der Waals surface area contributed by atoms with Gasteiger partial charge in [-0.1, -0.05) is 36.0 Å². The van der Waals surface area contributed by atoms with Crippen LogP contribution in [0.2, 0.25) is 0 Å². The number of carbonyl (C=O) groups excluding carboxylic acids is 1. The van der Waals surface area contributed by atoms with Gasteiger partial charge in [0, 0.05) is 17.0 Å². The first-order valence-electron chi connectivity index (χ1n) is 7.44. The van der Waals surface area contributed by atoms with Crippen LogP contribution in [0.5, 0.6) is 11.5 Å². The van der Waals surface area contributed by atoms with E-state index in [9.17, 15) is 15.0 Å². The van der Waals surface area contributed by atoms with Crippen LogP contribution in [0.25, 0.3) is 10.9 Å².